The molecule has 1 aromatic heterocycles. The molecule has 3 N–H and O–H groups in total. The summed E-state index contributed by atoms with van der Waals surface area (Å²) in [6, 6.07) is 3.90. The topological polar surface area (TPSA) is 72.9 Å². The monoisotopic (exact) mass is 290 g/mol. The summed E-state index contributed by atoms with van der Waals surface area (Å²) >= 11 is 0. The maximum atomic E-state index is 12.9. The molecule has 0 fully saturated rings. The van der Waals surface area contributed by atoms with Crippen molar-refractivity contribution in [2.24, 2.45) is 0 Å². The van der Waals surface area contributed by atoms with Crippen molar-refractivity contribution in [3.63, 3.8) is 0 Å². The predicted molar refractivity (Wildman–Crippen MR) is 80.4 cm³/mol. The summed E-state index contributed by atoms with van der Waals surface area (Å²) in [6.45, 7) is 4.65. The van der Waals surface area contributed by atoms with Crippen LogP contribution in [0.1, 0.15) is 32.0 Å². The molecular formula is C15H19FN4O. The second-order valence-electron chi connectivity index (χ2n) is 5.16. The lowest BCUT2D eigenvalue weighted by molar-refractivity contribution is -0.116. The van der Waals surface area contributed by atoms with Crippen LogP contribution in [0, 0.1) is 5.82 Å². The standard InChI is InChI=1S/C15H19FN4O/c1-10(2)15-18-6-8-20(15)7-5-14(21)19-13-4-3-11(16)9-12(13)17/h3-4,6,8-10H,5,7,17H2,1-2H3,(H,19,21). The summed E-state index contributed by atoms with van der Waals surface area (Å²) in [4.78, 5) is 16.2. The number of carbonyl (C=O) groups excluding carboxylic acids is 1. The summed E-state index contributed by atoms with van der Waals surface area (Å²) in [5.74, 6) is 0.655. The first-order valence-corrected chi connectivity index (χ1v) is 6.83. The Bertz CT molecular complexity index is 636. The van der Waals surface area contributed by atoms with Crippen LogP contribution in [0.4, 0.5) is 15.8 Å². The van der Waals surface area contributed by atoms with Crippen molar-refractivity contribution in [3.8, 4) is 0 Å². The lowest BCUT2D eigenvalue weighted by atomic mass is 10.2. The molecule has 6 heteroatoms. The van der Waals surface area contributed by atoms with Gasteiger partial charge in [0.2, 0.25) is 5.91 Å². The van der Waals surface area contributed by atoms with E-state index in [0.717, 1.165) is 5.82 Å². The molecule has 1 amide bonds. The van der Waals surface area contributed by atoms with Crippen LogP contribution < -0.4 is 11.1 Å². The number of anilines is 2. The molecule has 1 aromatic carbocycles. The van der Waals surface area contributed by atoms with Crippen molar-refractivity contribution >= 4 is 17.3 Å². The molecule has 1 heterocycles. The zero-order valence-electron chi connectivity index (χ0n) is 12.1. The number of hydrogen-bond donors (Lipinski definition) is 2. The van der Waals surface area contributed by atoms with Gasteiger partial charge in [-0.2, -0.15) is 0 Å². The van der Waals surface area contributed by atoms with E-state index in [9.17, 15) is 9.18 Å². The van der Waals surface area contributed by atoms with Crippen LogP contribution in [0.15, 0.2) is 30.6 Å². The highest BCUT2D eigenvalue weighted by Crippen LogP contribution is 2.19. The number of rotatable bonds is 5. The summed E-state index contributed by atoms with van der Waals surface area (Å²) in [5, 5.41) is 2.68. The van der Waals surface area contributed by atoms with Gasteiger partial charge in [0.15, 0.2) is 0 Å². The molecule has 112 valence electrons. The fourth-order valence-electron chi connectivity index (χ4n) is 2.09. The van der Waals surface area contributed by atoms with Crippen LogP contribution in [-0.2, 0) is 11.3 Å². The normalized spacial score (nSPS) is 10.9. The van der Waals surface area contributed by atoms with Gasteiger partial charge in [-0.3, -0.25) is 4.79 Å². The Kier molecular flexibility index (Phi) is 4.57. The van der Waals surface area contributed by atoms with Crippen LogP contribution in [0.3, 0.4) is 0 Å². The number of nitrogens with zero attached hydrogens (tertiary/aromatic N) is 2. The maximum absolute atomic E-state index is 12.9. The molecule has 0 bridgehead atoms. The quantitative estimate of drug-likeness (QED) is 0.832. The van der Waals surface area contributed by atoms with Crippen molar-refractivity contribution in [2.75, 3.05) is 11.1 Å². The molecular weight excluding hydrogens is 271 g/mol. The molecule has 2 aromatic rings. The summed E-state index contributed by atoms with van der Waals surface area (Å²) in [7, 11) is 0. The lowest BCUT2D eigenvalue weighted by Crippen LogP contribution is -2.16. The smallest absolute Gasteiger partial charge is 0.226 e. The number of halogens is 1. The first kappa shape index (κ1) is 15.0. The van der Waals surface area contributed by atoms with Crippen LogP contribution in [-0.4, -0.2) is 15.5 Å². The van der Waals surface area contributed by atoms with E-state index in [2.05, 4.69) is 24.1 Å². The zero-order chi connectivity index (χ0) is 15.4. The summed E-state index contributed by atoms with van der Waals surface area (Å²) in [5.41, 5.74) is 6.30. The zero-order valence-corrected chi connectivity index (χ0v) is 12.1. The molecule has 0 aliphatic heterocycles. The van der Waals surface area contributed by atoms with Gasteiger partial charge in [-0.15, -0.1) is 0 Å². The highest BCUT2D eigenvalue weighted by molar-refractivity contribution is 5.93. The third-order valence-corrected chi connectivity index (χ3v) is 3.13. The number of benzene rings is 1. The van der Waals surface area contributed by atoms with Gasteiger partial charge in [0.05, 0.1) is 11.4 Å². The first-order valence-electron chi connectivity index (χ1n) is 6.83. The molecule has 0 saturated carbocycles. The number of carbonyl (C=O) groups is 1. The first-order chi connectivity index (χ1) is 9.97. The van der Waals surface area contributed by atoms with Crippen molar-refractivity contribution in [1.29, 1.82) is 0 Å². The number of imidazole rings is 1. The minimum absolute atomic E-state index is 0.170. The Morgan fingerprint density at radius 2 is 2.24 bits per heavy atom. The number of aromatic nitrogens is 2. The van der Waals surface area contributed by atoms with Gasteiger partial charge in [-0.25, -0.2) is 9.37 Å². The predicted octanol–water partition coefficient (Wildman–Crippen LogP) is 2.76. The SMILES string of the molecule is CC(C)c1nccn1CCC(=O)Nc1ccc(F)cc1N. The Morgan fingerprint density at radius 1 is 1.48 bits per heavy atom. The van der Waals surface area contributed by atoms with E-state index in [4.69, 9.17) is 5.73 Å². The Balaban J connectivity index is 1.94. The Labute approximate surface area is 123 Å². The molecule has 21 heavy (non-hydrogen) atoms. The maximum Gasteiger partial charge on any atom is 0.226 e. The number of nitrogen functional groups attached to an aromatic ring is 1. The van der Waals surface area contributed by atoms with Gasteiger partial charge >= 0.3 is 0 Å². The molecule has 0 spiro atoms. The second kappa shape index (κ2) is 6.39. The van der Waals surface area contributed by atoms with Gasteiger partial charge in [0, 0.05) is 31.3 Å². The van der Waals surface area contributed by atoms with Gasteiger partial charge in [0.25, 0.3) is 0 Å². The summed E-state index contributed by atoms with van der Waals surface area (Å²) in [6.07, 6.45) is 3.88. The average Bonchev–Trinajstić information content (AvgIpc) is 2.88. The van der Waals surface area contributed by atoms with Crippen LogP contribution in [0.5, 0.6) is 0 Å². The van der Waals surface area contributed by atoms with E-state index in [-0.39, 0.29) is 11.6 Å². The summed E-state index contributed by atoms with van der Waals surface area (Å²) < 4.78 is 14.9. The van der Waals surface area contributed by atoms with Gasteiger partial charge < -0.3 is 15.6 Å². The third-order valence-electron chi connectivity index (χ3n) is 3.13. The molecule has 5 nitrogen and oxygen atoms in total. The highest BCUT2D eigenvalue weighted by Gasteiger charge is 2.10. The minimum Gasteiger partial charge on any atom is -0.397 e. The van der Waals surface area contributed by atoms with Crippen LogP contribution >= 0.6 is 0 Å². The van der Waals surface area contributed by atoms with Gasteiger partial charge in [-0.05, 0) is 18.2 Å². The average molecular weight is 290 g/mol. The number of amides is 1. The molecule has 0 atom stereocenters. The Hall–Kier alpha value is -2.37. The second-order valence-corrected chi connectivity index (χ2v) is 5.16. The third kappa shape index (κ3) is 3.81. The Morgan fingerprint density at radius 3 is 2.90 bits per heavy atom. The van der Waals surface area contributed by atoms with E-state index in [1.807, 2.05) is 10.8 Å². The lowest BCUT2D eigenvalue weighted by Gasteiger charge is -2.11. The van der Waals surface area contributed by atoms with E-state index < -0.39 is 5.82 Å². The van der Waals surface area contributed by atoms with E-state index in [1.165, 1.54) is 18.2 Å². The van der Waals surface area contributed by atoms with Crippen molar-refractivity contribution in [1.82, 2.24) is 9.55 Å². The molecule has 0 aliphatic rings. The fraction of sp³-hybridized carbons (Fsp3) is 0.333. The molecule has 2 rings (SSSR count). The number of nitrogens with one attached hydrogen (secondary N) is 1. The van der Waals surface area contributed by atoms with E-state index >= 15 is 0 Å². The molecule has 0 unspecified atom stereocenters. The van der Waals surface area contributed by atoms with E-state index in [0.29, 0.717) is 24.6 Å². The number of nitrogens with two attached hydrogens (primary N) is 1. The molecule has 0 radical (unpaired) electrons. The highest BCUT2D eigenvalue weighted by atomic mass is 19.1. The molecule has 0 saturated heterocycles. The molecule has 0 aliphatic carbocycles. The fourth-order valence-corrected chi connectivity index (χ4v) is 2.09. The van der Waals surface area contributed by atoms with Gasteiger partial charge in [0.1, 0.15) is 11.6 Å². The van der Waals surface area contributed by atoms with Crippen LogP contribution in [0.25, 0.3) is 0 Å². The van der Waals surface area contributed by atoms with Crippen LogP contribution in [0.2, 0.25) is 0 Å². The van der Waals surface area contributed by atoms with Crippen molar-refractivity contribution in [3.05, 3.63) is 42.2 Å². The van der Waals surface area contributed by atoms with Crippen molar-refractivity contribution < 1.29 is 9.18 Å². The largest absolute Gasteiger partial charge is 0.397 e. The number of hydrogen-bond acceptors (Lipinski definition) is 3. The minimum atomic E-state index is -0.425. The van der Waals surface area contributed by atoms with Gasteiger partial charge in [-0.1, -0.05) is 13.8 Å². The van der Waals surface area contributed by atoms with E-state index in [1.54, 1.807) is 6.20 Å². The number of aryl methyl sites for hydroxylation is 1. The van der Waals surface area contributed by atoms with Crippen molar-refractivity contribution in [2.45, 2.75) is 32.7 Å².